The van der Waals surface area contributed by atoms with Crippen LogP contribution in [0, 0.1) is 16.0 Å². The molecule has 0 aliphatic carbocycles. The predicted octanol–water partition coefficient (Wildman–Crippen LogP) is 3.95. The standard InChI is InChI=1S/C18H20N4O2S/c1-14(12-21-9-8-19-13-21)10-20-11-15-6-7-18(25-15)16-4-2-3-5-17(16)22(23)24/h2-9,13-14,20H,10-12H2,1H3. The molecule has 2 aromatic heterocycles. The molecule has 2 heterocycles. The number of para-hydroxylation sites is 1. The van der Waals surface area contributed by atoms with Gasteiger partial charge < -0.3 is 9.88 Å². The summed E-state index contributed by atoms with van der Waals surface area (Å²) in [6.07, 6.45) is 5.58. The van der Waals surface area contributed by atoms with E-state index in [1.165, 1.54) is 4.88 Å². The second kappa shape index (κ2) is 8.04. The van der Waals surface area contributed by atoms with Crippen molar-refractivity contribution in [2.45, 2.75) is 20.0 Å². The number of hydrogen-bond donors (Lipinski definition) is 1. The molecule has 0 fully saturated rings. The van der Waals surface area contributed by atoms with E-state index >= 15 is 0 Å². The fraction of sp³-hybridized carbons (Fsp3) is 0.278. The van der Waals surface area contributed by atoms with E-state index in [2.05, 4.69) is 21.8 Å². The lowest BCUT2D eigenvalue weighted by molar-refractivity contribution is -0.384. The fourth-order valence-corrected chi connectivity index (χ4v) is 3.73. The lowest BCUT2D eigenvalue weighted by atomic mass is 10.1. The number of benzene rings is 1. The van der Waals surface area contributed by atoms with Gasteiger partial charge in [0.15, 0.2) is 0 Å². The molecule has 0 aliphatic heterocycles. The van der Waals surface area contributed by atoms with Crippen LogP contribution in [0.5, 0.6) is 0 Å². The zero-order chi connectivity index (χ0) is 17.6. The second-order valence-corrected chi connectivity index (χ2v) is 7.20. The molecule has 6 nitrogen and oxygen atoms in total. The van der Waals surface area contributed by atoms with E-state index in [9.17, 15) is 10.1 Å². The minimum atomic E-state index is -0.329. The molecule has 0 saturated heterocycles. The number of aromatic nitrogens is 2. The number of nitro groups is 1. The van der Waals surface area contributed by atoms with E-state index < -0.39 is 0 Å². The Hall–Kier alpha value is -2.51. The van der Waals surface area contributed by atoms with Crippen molar-refractivity contribution >= 4 is 17.0 Å². The number of nitro benzene ring substituents is 1. The van der Waals surface area contributed by atoms with Crippen LogP contribution in [0.25, 0.3) is 10.4 Å². The molecule has 0 aliphatic rings. The minimum absolute atomic E-state index is 0.151. The summed E-state index contributed by atoms with van der Waals surface area (Å²) in [6.45, 7) is 4.79. The number of hydrogen-bond acceptors (Lipinski definition) is 5. The quantitative estimate of drug-likeness (QED) is 0.490. The number of imidazole rings is 1. The van der Waals surface area contributed by atoms with Crippen LogP contribution >= 0.6 is 11.3 Å². The molecule has 0 spiro atoms. The summed E-state index contributed by atoms with van der Waals surface area (Å²) in [6, 6.07) is 10.9. The summed E-state index contributed by atoms with van der Waals surface area (Å²) < 4.78 is 2.07. The Bertz CT molecular complexity index is 829. The molecule has 1 aromatic carbocycles. The third-order valence-electron chi connectivity index (χ3n) is 3.90. The van der Waals surface area contributed by atoms with Crippen LogP contribution in [0.3, 0.4) is 0 Å². The van der Waals surface area contributed by atoms with Gasteiger partial charge in [0.05, 0.1) is 16.8 Å². The highest BCUT2D eigenvalue weighted by Gasteiger charge is 2.15. The third kappa shape index (κ3) is 4.52. The van der Waals surface area contributed by atoms with Crippen molar-refractivity contribution in [1.82, 2.24) is 14.9 Å². The van der Waals surface area contributed by atoms with Crippen LogP contribution in [0.2, 0.25) is 0 Å². The van der Waals surface area contributed by atoms with Crippen LogP contribution in [-0.2, 0) is 13.1 Å². The van der Waals surface area contributed by atoms with Crippen molar-refractivity contribution in [3.63, 3.8) is 0 Å². The van der Waals surface area contributed by atoms with E-state index in [1.807, 2.05) is 30.7 Å². The first-order valence-corrected chi connectivity index (χ1v) is 8.94. The maximum atomic E-state index is 11.2. The monoisotopic (exact) mass is 356 g/mol. The highest BCUT2D eigenvalue weighted by atomic mass is 32.1. The van der Waals surface area contributed by atoms with Gasteiger partial charge in [-0.1, -0.05) is 19.1 Å². The van der Waals surface area contributed by atoms with Gasteiger partial charge in [0.25, 0.3) is 5.69 Å². The number of nitrogens with one attached hydrogen (secondary N) is 1. The SMILES string of the molecule is CC(CNCc1ccc(-c2ccccc2[N+](=O)[O-])s1)Cn1ccnc1. The molecule has 1 N–H and O–H groups in total. The molecule has 25 heavy (non-hydrogen) atoms. The highest BCUT2D eigenvalue weighted by molar-refractivity contribution is 7.15. The Balaban J connectivity index is 1.56. The molecule has 7 heteroatoms. The lowest BCUT2D eigenvalue weighted by Gasteiger charge is -2.12. The van der Waals surface area contributed by atoms with Gasteiger partial charge in [0.1, 0.15) is 0 Å². The first kappa shape index (κ1) is 17.3. The van der Waals surface area contributed by atoms with Crippen molar-refractivity contribution in [2.24, 2.45) is 5.92 Å². The molecule has 0 amide bonds. The van der Waals surface area contributed by atoms with E-state index in [0.717, 1.165) is 24.5 Å². The van der Waals surface area contributed by atoms with E-state index in [4.69, 9.17) is 0 Å². The Kier molecular flexibility index (Phi) is 5.57. The lowest BCUT2D eigenvalue weighted by Crippen LogP contribution is -2.23. The average molecular weight is 356 g/mol. The zero-order valence-electron chi connectivity index (χ0n) is 14.0. The molecular formula is C18H20N4O2S. The van der Waals surface area contributed by atoms with Gasteiger partial charge in [-0.25, -0.2) is 4.98 Å². The summed E-state index contributed by atoms with van der Waals surface area (Å²) in [5.74, 6) is 0.490. The first-order chi connectivity index (χ1) is 12.1. The summed E-state index contributed by atoms with van der Waals surface area (Å²) >= 11 is 1.59. The minimum Gasteiger partial charge on any atom is -0.337 e. The third-order valence-corrected chi connectivity index (χ3v) is 5.02. The Labute approximate surface area is 150 Å². The van der Waals surface area contributed by atoms with Crippen molar-refractivity contribution in [3.8, 4) is 10.4 Å². The molecule has 1 atom stereocenters. The summed E-state index contributed by atoms with van der Waals surface area (Å²) in [7, 11) is 0. The summed E-state index contributed by atoms with van der Waals surface area (Å²) in [5, 5.41) is 14.6. The maximum absolute atomic E-state index is 11.2. The zero-order valence-corrected chi connectivity index (χ0v) is 14.8. The maximum Gasteiger partial charge on any atom is 0.278 e. The first-order valence-electron chi connectivity index (χ1n) is 8.12. The normalized spacial score (nSPS) is 12.2. The van der Waals surface area contributed by atoms with Crippen LogP contribution in [0.4, 0.5) is 5.69 Å². The van der Waals surface area contributed by atoms with Crippen molar-refractivity contribution in [1.29, 1.82) is 0 Å². The van der Waals surface area contributed by atoms with Gasteiger partial charge in [-0.05, 0) is 30.7 Å². The Morgan fingerprint density at radius 2 is 2.16 bits per heavy atom. The molecule has 3 aromatic rings. The topological polar surface area (TPSA) is 73.0 Å². The van der Waals surface area contributed by atoms with Crippen LogP contribution < -0.4 is 5.32 Å². The van der Waals surface area contributed by atoms with Gasteiger partial charge in [0.2, 0.25) is 0 Å². The smallest absolute Gasteiger partial charge is 0.278 e. The second-order valence-electron chi connectivity index (χ2n) is 6.04. The molecular weight excluding hydrogens is 336 g/mol. The number of thiophene rings is 1. The molecule has 1 unspecified atom stereocenters. The van der Waals surface area contributed by atoms with Crippen LogP contribution in [-0.4, -0.2) is 21.0 Å². The van der Waals surface area contributed by atoms with Crippen LogP contribution in [0.1, 0.15) is 11.8 Å². The van der Waals surface area contributed by atoms with Crippen molar-refractivity contribution in [3.05, 3.63) is 70.1 Å². The largest absolute Gasteiger partial charge is 0.337 e. The molecule has 0 bridgehead atoms. The van der Waals surface area contributed by atoms with Crippen LogP contribution in [0.15, 0.2) is 55.1 Å². The molecule has 0 radical (unpaired) electrons. The van der Waals surface area contributed by atoms with Gasteiger partial charge in [-0.2, -0.15) is 0 Å². The number of nitrogens with zero attached hydrogens (tertiary/aromatic N) is 3. The number of rotatable bonds is 8. The Morgan fingerprint density at radius 3 is 2.92 bits per heavy atom. The predicted molar refractivity (Wildman–Crippen MR) is 99.5 cm³/mol. The van der Waals surface area contributed by atoms with E-state index in [-0.39, 0.29) is 10.6 Å². The van der Waals surface area contributed by atoms with Gasteiger partial charge in [-0.3, -0.25) is 10.1 Å². The fourth-order valence-electron chi connectivity index (χ4n) is 2.72. The average Bonchev–Trinajstić information content (AvgIpc) is 3.27. The van der Waals surface area contributed by atoms with Gasteiger partial charge in [-0.15, -0.1) is 11.3 Å². The van der Waals surface area contributed by atoms with E-state index in [1.54, 1.807) is 35.7 Å². The van der Waals surface area contributed by atoms with Crippen molar-refractivity contribution < 1.29 is 4.92 Å². The summed E-state index contributed by atoms with van der Waals surface area (Å²) in [4.78, 5) is 17.0. The molecule has 3 rings (SSSR count). The highest BCUT2D eigenvalue weighted by Crippen LogP contribution is 2.34. The Morgan fingerprint density at radius 1 is 1.32 bits per heavy atom. The van der Waals surface area contributed by atoms with Gasteiger partial charge in [0, 0.05) is 41.3 Å². The molecule has 0 saturated carbocycles. The summed E-state index contributed by atoms with van der Waals surface area (Å²) in [5.41, 5.74) is 0.829. The molecule has 130 valence electrons. The van der Waals surface area contributed by atoms with E-state index in [0.29, 0.717) is 11.5 Å². The van der Waals surface area contributed by atoms with Crippen molar-refractivity contribution in [2.75, 3.05) is 6.54 Å². The van der Waals surface area contributed by atoms with Gasteiger partial charge >= 0.3 is 0 Å².